The first-order chi connectivity index (χ1) is 15.5. The standard InChI is InChI=1S/C28H22N2O2/c1-17-9-13-19(14-10-17)29-23-7-3-5-21-25(23)28(32)26-22(27(21)31)6-4-8-24(26)30-20-15-11-18(2)12-16-20/h3-16,29-30H,1-2H3. The van der Waals surface area contributed by atoms with Gasteiger partial charge < -0.3 is 10.6 Å². The van der Waals surface area contributed by atoms with Crippen LogP contribution < -0.4 is 10.6 Å². The average Bonchev–Trinajstić information content (AvgIpc) is 2.80. The van der Waals surface area contributed by atoms with E-state index in [9.17, 15) is 9.59 Å². The summed E-state index contributed by atoms with van der Waals surface area (Å²) in [7, 11) is 0. The molecule has 0 heterocycles. The molecular weight excluding hydrogens is 396 g/mol. The quantitative estimate of drug-likeness (QED) is 0.347. The Morgan fingerprint density at radius 1 is 0.500 bits per heavy atom. The van der Waals surface area contributed by atoms with Gasteiger partial charge in [-0.3, -0.25) is 9.59 Å². The molecule has 0 unspecified atom stereocenters. The zero-order chi connectivity index (χ0) is 22.2. The predicted octanol–water partition coefficient (Wildman–Crippen LogP) is 6.57. The molecule has 2 N–H and O–H groups in total. The van der Waals surface area contributed by atoms with Gasteiger partial charge in [0.05, 0.1) is 22.5 Å². The second kappa shape index (κ2) is 7.82. The number of benzene rings is 4. The van der Waals surface area contributed by atoms with Gasteiger partial charge in [-0.1, -0.05) is 59.7 Å². The molecule has 0 radical (unpaired) electrons. The summed E-state index contributed by atoms with van der Waals surface area (Å²) >= 11 is 0. The molecule has 0 aliphatic heterocycles. The van der Waals surface area contributed by atoms with Crippen molar-refractivity contribution in [1.82, 2.24) is 0 Å². The smallest absolute Gasteiger partial charge is 0.198 e. The molecular formula is C28H22N2O2. The van der Waals surface area contributed by atoms with Crippen molar-refractivity contribution in [1.29, 1.82) is 0 Å². The highest BCUT2D eigenvalue weighted by atomic mass is 16.1. The monoisotopic (exact) mass is 418 g/mol. The number of anilines is 4. The van der Waals surface area contributed by atoms with Crippen LogP contribution in [0, 0.1) is 13.8 Å². The minimum absolute atomic E-state index is 0.144. The fourth-order valence-electron chi connectivity index (χ4n) is 4.04. The Balaban J connectivity index is 1.59. The van der Waals surface area contributed by atoms with Crippen LogP contribution in [0.1, 0.15) is 43.0 Å². The third-order valence-electron chi connectivity index (χ3n) is 5.73. The zero-order valence-electron chi connectivity index (χ0n) is 17.9. The van der Waals surface area contributed by atoms with E-state index in [4.69, 9.17) is 0 Å². The van der Waals surface area contributed by atoms with Crippen molar-refractivity contribution >= 4 is 34.3 Å². The van der Waals surface area contributed by atoms with Crippen LogP contribution in [-0.2, 0) is 0 Å². The van der Waals surface area contributed by atoms with Crippen LogP contribution in [0.3, 0.4) is 0 Å². The molecule has 0 amide bonds. The van der Waals surface area contributed by atoms with E-state index >= 15 is 0 Å². The summed E-state index contributed by atoms with van der Waals surface area (Å²) in [6, 6.07) is 26.6. The molecule has 0 saturated carbocycles. The van der Waals surface area contributed by atoms with E-state index in [0.717, 1.165) is 22.5 Å². The second-order valence-corrected chi connectivity index (χ2v) is 8.10. The normalized spacial score (nSPS) is 12.2. The van der Waals surface area contributed by atoms with Crippen molar-refractivity contribution in [3.63, 3.8) is 0 Å². The molecule has 5 rings (SSSR count). The van der Waals surface area contributed by atoms with E-state index in [0.29, 0.717) is 33.6 Å². The number of fused-ring (bicyclic) bond motifs is 2. The summed E-state index contributed by atoms with van der Waals surface area (Å²) in [5, 5.41) is 6.65. The summed E-state index contributed by atoms with van der Waals surface area (Å²) in [5.74, 6) is -0.310. The molecule has 156 valence electrons. The molecule has 4 aromatic rings. The molecule has 0 spiro atoms. The van der Waals surface area contributed by atoms with Gasteiger partial charge in [0.2, 0.25) is 0 Å². The molecule has 0 bridgehead atoms. The molecule has 1 aliphatic rings. The Morgan fingerprint density at radius 3 is 1.31 bits per heavy atom. The summed E-state index contributed by atoms with van der Waals surface area (Å²) in [4.78, 5) is 27.1. The lowest BCUT2D eigenvalue weighted by atomic mass is 9.82. The lowest BCUT2D eigenvalue weighted by molar-refractivity contribution is 0.0980. The Kier molecular flexibility index (Phi) is 4.83. The first-order valence-corrected chi connectivity index (χ1v) is 10.5. The van der Waals surface area contributed by atoms with Crippen molar-refractivity contribution in [3.8, 4) is 0 Å². The SMILES string of the molecule is Cc1ccc(Nc2cccc3c2C(=O)c2c(Nc4ccc(C)cc4)cccc2C3=O)cc1. The molecule has 4 nitrogen and oxygen atoms in total. The molecule has 4 aromatic carbocycles. The number of hydrogen-bond donors (Lipinski definition) is 2. The van der Waals surface area contributed by atoms with Gasteiger partial charge in [-0.2, -0.15) is 0 Å². The third-order valence-corrected chi connectivity index (χ3v) is 5.73. The Bertz CT molecular complexity index is 1250. The van der Waals surface area contributed by atoms with Crippen molar-refractivity contribution in [2.45, 2.75) is 13.8 Å². The highest BCUT2D eigenvalue weighted by Gasteiger charge is 2.33. The predicted molar refractivity (Wildman–Crippen MR) is 129 cm³/mol. The van der Waals surface area contributed by atoms with Crippen molar-refractivity contribution in [3.05, 3.63) is 118 Å². The van der Waals surface area contributed by atoms with E-state index in [1.54, 1.807) is 24.3 Å². The van der Waals surface area contributed by atoms with Crippen LogP contribution in [0.25, 0.3) is 0 Å². The van der Waals surface area contributed by atoms with Gasteiger partial charge in [0.25, 0.3) is 0 Å². The first kappa shape index (κ1) is 19.8. The zero-order valence-corrected chi connectivity index (χ0v) is 17.9. The number of nitrogens with one attached hydrogen (secondary N) is 2. The van der Waals surface area contributed by atoms with E-state index in [-0.39, 0.29) is 11.6 Å². The van der Waals surface area contributed by atoms with Gasteiger partial charge in [-0.05, 0) is 50.2 Å². The topological polar surface area (TPSA) is 58.2 Å². The Labute approximate surface area is 186 Å². The highest BCUT2D eigenvalue weighted by Crippen LogP contribution is 2.37. The van der Waals surface area contributed by atoms with Crippen LogP contribution in [0.2, 0.25) is 0 Å². The van der Waals surface area contributed by atoms with Crippen molar-refractivity contribution in [2.75, 3.05) is 10.6 Å². The van der Waals surface area contributed by atoms with Gasteiger partial charge in [-0.15, -0.1) is 0 Å². The number of hydrogen-bond acceptors (Lipinski definition) is 4. The second-order valence-electron chi connectivity index (χ2n) is 8.10. The van der Waals surface area contributed by atoms with Crippen LogP contribution in [0.4, 0.5) is 22.7 Å². The number of rotatable bonds is 4. The number of carbonyl (C=O) groups excluding carboxylic acids is 2. The maximum absolute atomic E-state index is 13.8. The van der Waals surface area contributed by atoms with Gasteiger partial charge in [0.1, 0.15) is 0 Å². The Hall–Kier alpha value is -4.18. The molecule has 1 aliphatic carbocycles. The van der Waals surface area contributed by atoms with Gasteiger partial charge in [-0.25, -0.2) is 0 Å². The van der Waals surface area contributed by atoms with E-state index in [1.165, 1.54) is 0 Å². The van der Waals surface area contributed by atoms with E-state index in [1.807, 2.05) is 74.5 Å². The van der Waals surface area contributed by atoms with Crippen LogP contribution in [0.5, 0.6) is 0 Å². The average molecular weight is 418 g/mol. The molecule has 4 heteroatoms. The molecule has 0 saturated heterocycles. The fraction of sp³-hybridized carbons (Fsp3) is 0.0714. The molecule has 0 fully saturated rings. The van der Waals surface area contributed by atoms with Crippen molar-refractivity contribution < 1.29 is 9.59 Å². The summed E-state index contributed by atoms with van der Waals surface area (Å²) in [6.07, 6.45) is 0. The lowest BCUT2D eigenvalue weighted by Crippen LogP contribution is -2.23. The van der Waals surface area contributed by atoms with Crippen molar-refractivity contribution in [2.24, 2.45) is 0 Å². The highest BCUT2D eigenvalue weighted by molar-refractivity contribution is 6.32. The number of ketones is 2. The van der Waals surface area contributed by atoms with Gasteiger partial charge >= 0.3 is 0 Å². The maximum atomic E-state index is 13.8. The maximum Gasteiger partial charge on any atom is 0.198 e. The Morgan fingerprint density at radius 2 is 0.906 bits per heavy atom. The van der Waals surface area contributed by atoms with Crippen LogP contribution in [-0.4, -0.2) is 11.6 Å². The van der Waals surface area contributed by atoms with Gasteiger partial charge in [0.15, 0.2) is 11.6 Å². The minimum Gasteiger partial charge on any atom is -0.355 e. The van der Waals surface area contributed by atoms with E-state index < -0.39 is 0 Å². The number of aryl methyl sites for hydroxylation is 2. The molecule has 0 aromatic heterocycles. The lowest BCUT2D eigenvalue weighted by Gasteiger charge is -2.23. The molecule has 0 atom stereocenters. The van der Waals surface area contributed by atoms with Gasteiger partial charge in [0, 0.05) is 22.5 Å². The largest absolute Gasteiger partial charge is 0.355 e. The summed E-state index contributed by atoms with van der Waals surface area (Å²) in [5.41, 5.74) is 6.94. The van der Waals surface area contributed by atoms with Crippen LogP contribution >= 0.6 is 0 Å². The van der Waals surface area contributed by atoms with Crippen LogP contribution in [0.15, 0.2) is 84.9 Å². The fourth-order valence-corrected chi connectivity index (χ4v) is 4.04. The molecule has 32 heavy (non-hydrogen) atoms. The third kappa shape index (κ3) is 3.46. The summed E-state index contributed by atoms with van der Waals surface area (Å²) in [6.45, 7) is 4.05. The summed E-state index contributed by atoms with van der Waals surface area (Å²) < 4.78 is 0. The minimum atomic E-state index is -0.167. The van der Waals surface area contributed by atoms with E-state index in [2.05, 4.69) is 10.6 Å². The number of carbonyl (C=O) groups is 2. The first-order valence-electron chi connectivity index (χ1n) is 10.5.